The second kappa shape index (κ2) is 5.55. The van der Waals surface area contributed by atoms with Crippen molar-refractivity contribution in [2.45, 2.75) is 25.6 Å². The van der Waals surface area contributed by atoms with Crippen molar-refractivity contribution >= 4 is 0 Å². The molecule has 0 amide bonds. The molecule has 100 valence electrons. The summed E-state index contributed by atoms with van der Waals surface area (Å²) in [6.45, 7) is 3.70. The summed E-state index contributed by atoms with van der Waals surface area (Å²) >= 11 is 0. The number of nitrogens with two attached hydrogens (primary N) is 1. The summed E-state index contributed by atoms with van der Waals surface area (Å²) in [7, 11) is 0. The molecule has 0 aliphatic carbocycles. The van der Waals surface area contributed by atoms with Crippen LogP contribution >= 0.6 is 0 Å². The van der Waals surface area contributed by atoms with E-state index in [-0.39, 0.29) is 0 Å². The first-order chi connectivity index (χ1) is 9.38. The molecule has 2 heterocycles. The van der Waals surface area contributed by atoms with E-state index in [0.717, 1.165) is 31.9 Å². The normalized spacial score (nSPS) is 17.1. The van der Waals surface area contributed by atoms with Crippen LogP contribution < -0.4 is 5.73 Å². The van der Waals surface area contributed by atoms with Crippen LogP contribution in [0.5, 0.6) is 0 Å². The fourth-order valence-electron chi connectivity index (χ4n) is 2.85. The predicted molar refractivity (Wildman–Crippen MR) is 75.5 cm³/mol. The summed E-state index contributed by atoms with van der Waals surface area (Å²) in [6.07, 6.45) is 4.94. The van der Waals surface area contributed by atoms with Gasteiger partial charge in [-0.25, -0.2) is 4.98 Å². The quantitative estimate of drug-likeness (QED) is 0.907. The van der Waals surface area contributed by atoms with Crippen LogP contribution in [0.4, 0.5) is 0 Å². The molecule has 0 saturated heterocycles. The molecule has 3 rings (SSSR count). The van der Waals surface area contributed by atoms with Crippen LogP contribution in [0.15, 0.2) is 42.7 Å². The highest BCUT2D eigenvalue weighted by Gasteiger charge is 2.24. The Labute approximate surface area is 113 Å². The van der Waals surface area contributed by atoms with Crippen molar-refractivity contribution in [3.63, 3.8) is 0 Å². The van der Waals surface area contributed by atoms with E-state index in [2.05, 4.69) is 51.0 Å². The predicted octanol–water partition coefficient (Wildman–Crippen LogP) is 1.79. The van der Waals surface area contributed by atoms with Crippen molar-refractivity contribution in [1.29, 1.82) is 0 Å². The van der Waals surface area contributed by atoms with E-state index in [4.69, 9.17) is 5.73 Å². The smallest absolute Gasteiger partial charge is 0.122 e. The van der Waals surface area contributed by atoms with Crippen molar-refractivity contribution in [3.05, 3.63) is 54.1 Å². The van der Waals surface area contributed by atoms with Crippen LogP contribution in [-0.2, 0) is 13.1 Å². The number of nitrogens with zero attached hydrogens (tertiary/aromatic N) is 3. The van der Waals surface area contributed by atoms with Gasteiger partial charge < -0.3 is 10.3 Å². The number of hydrogen-bond acceptors (Lipinski definition) is 3. The van der Waals surface area contributed by atoms with Gasteiger partial charge in [0.25, 0.3) is 0 Å². The standard InChI is InChI=1S/C15H20N4/c16-7-6-14(13-4-2-1-3-5-13)19-11-10-18-9-8-17-15(18)12-19/h1-5,8-9,14H,6-7,10-12,16H2. The number of rotatable bonds is 4. The summed E-state index contributed by atoms with van der Waals surface area (Å²) in [6, 6.07) is 11.1. The highest BCUT2D eigenvalue weighted by Crippen LogP contribution is 2.27. The molecule has 0 radical (unpaired) electrons. The molecule has 0 spiro atoms. The van der Waals surface area contributed by atoms with E-state index in [1.807, 2.05) is 6.20 Å². The van der Waals surface area contributed by atoms with Crippen LogP contribution in [0.2, 0.25) is 0 Å². The van der Waals surface area contributed by atoms with Gasteiger partial charge in [-0.15, -0.1) is 0 Å². The summed E-state index contributed by atoms with van der Waals surface area (Å²) < 4.78 is 2.24. The molecule has 0 fully saturated rings. The van der Waals surface area contributed by atoms with Gasteiger partial charge in [0.1, 0.15) is 5.82 Å². The van der Waals surface area contributed by atoms with Gasteiger partial charge in [0.2, 0.25) is 0 Å². The fourth-order valence-corrected chi connectivity index (χ4v) is 2.85. The second-order valence-corrected chi connectivity index (χ2v) is 5.01. The number of hydrogen-bond donors (Lipinski definition) is 1. The molecule has 0 bridgehead atoms. The molecule has 1 aliphatic rings. The minimum atomic E-state index is 0.400. The van der Waals surface area contributed by atoms with E-state index in [1.54, 1.807) is 0 Å². The molecule has 0 saturated carbocycles. The monoisotopic (exact) mass is 256 g/mol. The Kier molecular flexibility index (Phi) is 3.62. The minimum Gasteiger partial charge on any atom is -0.333 e. The lowest BCUT2D eigenvalue weighted by Gasteiger charge is -2.35. The number of imidazole rings is 1. The molecule has 4 heteroatoms. The van der Waals surface area contributed by atoms with Crippen molar-refractivity contribution in [2.75, 3.05) is 13.1 Å². The first kappa shape index (κ1) is 12.4. The van der Waals surface area contributed by atoms with Crippen LogP contribution in [0, 0.1) is 0 Å². The Morgan fingerprint density at radius 2 is 2.05 bits per heavy atom. The first-order valence-corrected chi connectivity index (χ1v) is 6.87. The van der Waals surface area contributed by atoms with Gasteiger partial charge in [0, 0.05) is 31.5 Å². The van der Waals surface area contributed by atoms with Gasteiger partial charge in [-0.1, -0.05) is 30.3 Å². The zero-order valence-corrected chi connectivity index (χ0v) is 11.1. The molecule has 1 unspecified atom stereocenters. The van der Waals surface area contributed by atoms with E-state index < -0.39 is 0 Å². The van der Waals surface area contributed by atoms with Crippen LogP contribution in [0.1, 0.15) is 23.9 Å². The van der Waals surface area contributed by atoms with Gasteiger partial charge in [0.15, 0.2) is 0 Å². The summed E-state index contributed by atoms with van der Waals surface area (Å²) in [5.74, 6) is 1.16. The maximum atomic E-state index is 5.80. The van der Waals surface area contributed by atoms with Gasteiger partial charge in [0.05, 0.1) is 6.54 Å². The molecular weight excluding hydrogens is 236 g/mol. The summed E-state index contributed by atoms with van der Waals surface area (Å²) in [5, 5.41) is 0. The Balaban J connectivity index is 1.82. The number of benzene rings is 1. The number of aromatic nitrogens is 2. The maximum Gasteiger partial charge on any atom is 0.122 e. The van der Waals surface area contributed by atoms with Gasteiger partial charge in [-0.2, -0.15) is 0 Å². The van der Waals surface area contributed by atoms with E-state index in [1.165, 1.54) is 5.56 Å². The molecule has 19 heavy (non-hydrogen) atoms. The van der Waals surface area contributed by atoms with Crippen molar-refractivity contribution in [2.24, 2.45) is 5.73 Å². The molecule has 2 N–H and O–H groups in total. The van der Waals surface area contributed by atoms with Crippen LogP contribution in [0.3, 0.4) is 0 Å². The van der Waals surface area contributed by atoms with Crippen LogP contribution in [-0.4, -0.2) is 27.5 Å². The molecule has 2 aromatic rings. The van der Waals surface area contributed by atoms with Crippen LogP contribution in [0.25, 0.3) is 0 Å². The zero-order chi connectivity index (χ0) is 13.1. The Hall–Kier alpha value is -1.65. The summed E-state index contributed by atoms with van der Waals surface area (Å²) in [5.41, 5.74) is 7.16. The lowest BCUT2D eigenvalue weighted by molar-refractivity contribution is 0.146. The first-order valence-electron chi connectivity index (χ1n) is 6.87. The van der Waals surface area contributed by atoms with Gasteiger partial charge in [-0.3, -0.25) is 4.90 Å². The Bertz CT molecular complexity index is 520. The van der Waals surface area contributed by atoms with Crippen molar-refractivity contribution < 1.29 is 0 Å². The Morgan fingerprint density at radius 1 is 1.21 bits per heavy atom. The van der Waals surface area contributed by atoms with Gasteiger partial charge in [-0.05, 0) is 18.5 Å². The van der Waals surface area contributed by atoms with Crippen molar-refractivity contribution in [1.82, 2.24) is 14.5 Å². The molecule has 1 aromatic heterocycles. The SMILES string of the molecule is NCCC(c1ccccc1)N1CCn2ccnc2C1. The van der Waals surface area contributed by atoms with E-state index >= 15 is 0 Å². The minimum absolute atomic E-state index is 0.400. The lowest BCUT2D eigenvalue weighted by atomic mass is 10.0. The molecular formula is C15H20N4. The molecule has 4 nitrogen and oxygen atoms in total. The third-order valence-electron chi connectivity index (χ3n) is 3.84. The fraction of sp³-hybridized carbons (Fsp3) is 0.400. The highest BCUT2D eigenvalue weighted by molar-refractivity contribution is 5.19. The molecule has 1 atom stereocenters. The molecule has 1 aromatic carbocycles. The lowest BCUT2D eigenvalue weighted by Crippen LogP contribution is -2.37. The Morgan fingerprint density at radius 3 is 2.84 bits per heavy atom. The second-order valence-electron chi connectivity index (χ2n) is 5.01. The summed E-state index contributed by atoms with van der Waals surface area (Å²) in [4.78, 5) is 6.92. The highest BCUT2D eigenvalue weighted by atomic mass is 15.2. The average Bonchev–Trinajstić information content (AvgIpc) is 2.93. The average molecular weight is 256 g/mol. The maximum absolute atomic E-state index is 5.80. The van der Waals surface area contributed by atoms with Gasteiger partial charge >= 0.3 is 0 Å². The largest absolute Gasteiger partial charge is 0.333 e. The van der Waals surface area contributed by atoms with Crippen molar-refractivity contribution in [3.8, 4) is 0 Å². The zero-order valence-electron chi connectivity index (χ0n) is 11.1. The van der Waals surface area contributed by atoms with E-state index in [0.29, 0.717) is 12.6 Å². The third kappa shape index (κ3) is 2.55. The number of fused-ring (bicyclic) bond motifs is 1. The molecule has 1 aliphatic heterocycles. The third-order valence-corrected chi connectivity index (χ3v) is 3.84. The topological polar surface area (TPSA) is 47.1 Å². The van der Waals surface area contributed by atoms with E-state index in [9.17, 15) is 0 Å².